The summed E-state index contributed by atoms with van der Waals surface area (Å²) >= 11 is 6.07. The number of hydrogen-bond acceptors (Lipinski definition) is 2. The van der Waals surface area contributed by atoms with Gasteiger partial charge in [0.05, 0.1) is 38.2 Å². The second-order valence-electron chi connectivity index (χ2n) is 9.29. The maximum absolute atomic E-state index is 13.3. The maximum atomic E-state index is 13.3. The van der Waals surface area contributed by atoms with E-state index in [0.29, 0.717) is 18.6 Å². The van der Waals surface area contributed by atoms with Crippen molar-refractivity contribution in [2.45, 2.75) is 69.2 Å². The Hall–Kier alpha value is -1.06. The van der Waals surface area contributed by atoms with Crippen LogP contribution in [0.5, 0.6) is 0 Å². The van der Waals surface area contributed by atoms with Gasteiger partial charge in [0.1, 0.15) is 0 Å². The molecule has 3 aliphatic rings. The lowest BCUT2D eigenvalue weighted by atomic mass is 9.78. The van der Waals surface area contributed by atoms with Crippen molar-refractivity contribution < 1.29 is 14.0 Å². The summed E-state index contributed by atoms with van der Waals surface area (Å²) in [6.45, 7) is 3.19. The van der Waals surface area contributed by atoms with E-state index in [2.05, 4.69) is 7.05 Å². The third-order valence-electron chi connectivity index (χ3n) is 7.68. The average molecular weight is 391 g/mol. The Morgan fingerprint density at radius 3 is 2.52 bits per heavy atom. The van der Waals surface area contributed by atoms with E-state index in [1.807, 2.05) is 24.3 Å². The molecule has 0 N–H and O–H groups in total. The Morgan fingerprint density at radius 1 is 1.07 bits per heavy atom. The van der Waals surface area contributed by atoms with Crippen LogP contribution >= 0.6 is 11.6 Å². The molecule has 0 spiro atoms. The van der Waals surface area contributed by atoms with E-state index in [1.165, 1.54) is 49.7 Å². The Morgan fingerprint density at radius 2 is 1.78 bits per heavy atom. The van der Waals surface area contributed by atoms with Gasteiger partial charge in [-0.1, -0.05) is 36.6 Å². The molecule has 0 aromatic heterocycles. The minimum atomic E-state index is -0.454. The van der Waals surface area contributed by atoms with Crippen molar-refractivity contribution in [2.24, 2.45) is 5.92 Å². The quantitative estimate of drug-likeness (QED) is 0.527. The normalized spacial score (nSPS) is 32.7. The third kappa shape index (κ3) is 3.65. The van der Waals surface area contributed by atoms with Crippen LogP contribution < -0.4 is 0 Å². The Kier molecular flexibility index (Phi) is 5.53. The largest absolute Gasteiger partial charge is 0.464 e. The highest BCUT2D eigenvalue weighted by molar-refractivity contribution is 6.30. The number of piperidine rings is 2. The smallest absolute Gasteiger partial charge is 0.316 e. The van der Waals surface area contributed by atoms with Crippen molar-refractivity contribution in [3.05, 3.63) is 34.9 Å². The van der Waals surface area contributed by atoms with Crippen LogP contribution in [-0.2, 0) is 14.9 Å². The van der Waals surface area contributed by atoms with Crippen LogP contribution in [0, 0.1) is 5.92 Å². The van der Waals surface area contributed by atoms with E-state index in [0.717, 1.165) is 36.3 Å². The molecule has 2 aliphatic heterocycles. The molecule has 3 nitrogen and oxygen atoms in total. The minimum Gasteiger partial charge on any atom is -0.464 e. The second kappa shape index (κ2) is 7.75. The first-order valence-corrected chi connectivity index (χ1v) is 11.2. The van der Waals surface area contributed by atoms with Gasteiger partial charge < -0.3 is 9.22 Å². The fourth-order valence-electron chi connectivity index (χ4n) is 6.11. The number of carbonyl (C=O) groups excluding carboxylic acids is 1. The maximum Gasteiger partial charge on any atom is 0.316 e. The molecule has 0 bridgehead atoms. The zero-order valence-electron chi connectivity index (χ0n) is 16.6. The van der Waals surface area contributed by atoms with Crippen molar-refractivity contribution in [1.29, 1.82) is 0 Å². The van der Waals surface area contributed by atoms with Gasteiger partial charge in [-0.3, -0.25) is 4.79 Å². The summed E-state index contributed by atoms with van der Waals surface area (Å²) in [6, 6.07) is 8.51. The number of carbonyl (C=O) groups is 1. The highest BCUT2D eigenvalue weighted by Crippen LogP contribution is 2.43. The second-order valence-corrected chi connectivity index (χ2v) is 9.72. The van der Waals surface area contributed by atoms with E-state index in [-0.39, 0.29) is 5.97 Å². The van der Waals surface area contributed by atoms with Crippen LogP contribution in [0.15, 0.2) is 24.3 Å². The fourth-order valence-corrected chi connectivity index (χ4v) is 6.23. The molecular weight excluding hydrogens is 358 g/mol. The summed E-state index contributed by atoms with van der Waals surface area (Å²) in [6.07, 6.45) is 10.4. The van der Waals surface area contributed by atoms with Gasteiger partial charge >= 0.3 is 5.97 Å². The molecule has 2 saturated heterocycles. The molecule has 3 atom stereocenters. The van der Waals surface area contributed by atoms with Gasteiger partial charge in [-0.25, -0.2) is 0 Å². The van der Waals surface area contributed by atoms with E-state index in [9.17, 15) is 4.79 Å². The van der Waals surface area contributed by atoms with Gasteiger partial charge in [-0.15, -0.1) is 0 Å². The van der Waals surface area contributed by atoms with Gasteiger partial charge in [0.15, 0.2) is 0 Å². The van der Waals surface area contributed by atoms with E-state index in [4.69, 9.17) is 16.3 Å². The first-order valence-electron chi connectivity index (χ1n) is 10.8. The van der Waals surface area contributed by atoms with E-state index < -0.39 is 5.41 Å². The highest BCUT2D eigenvalue weighted by Gasteiger charge is 2.47. The summed E-state index contributed by atoms with van der Waals surface area (Å²) < 4.78 is 7.26. The summed E-state index contributed by atoms with van der Waals surface area (Å²) in [7, 11) is 2.42. The zero-order valence-corrected chi connectivity index (χ0v) is 17.3. The standard InChI is InChI=1S/C23H33ClNO2/c1-25-15-5-2-8-21(25)18(7-6-16-25)17-27-22(26)23(13-3-4-14-23)19-9-11-20(24)12-10-19/h9-12,18,21H,2-8,13-17H2,1H3/q+1. The predicted octanol–water partition coefficient (Wildman–Crippen LogP) is 5.10. The molecule has 0 radical (unpaired) electrons. The van der Waals surface area contributed by atoms with Crippen molar-refractivity contribution in [3.63, 3.8) is 0 Å². The van der Waals surface area contributed by atoms with E-state index in [1.54, 1.807) is 0 Å². The molecule has 3 fully saturated rings. The minimum absolute atomic E-state index is 0.00194. The Labute approximate surface area is 168 Å². The van der Waals surface area contributed by atoms with Gasteiger partial charge in [-0.05, 0) is 56.2 Å². The van der Waals surface area contributed by atoms with Crippen molar-refractivity contribution in [3.8, 4) is 0 Å². The van der Waals surface area contributed by atoms with Crippen molar-refractivity contribution in [2.75, 3.05) is 26.7 Å². The Bertz CT molecular complexity index is 663. The number of nitrogens with zero attached hydrogens (tertiary/aromatic N) is 1. The summed E-state index contributed by atoms with van der Waals surface area (Å²) in [5.74, 6) is 0.523. The lowest BCUT2D eigenvalue weighted by molar-refractivity contribution is -0.947. The van der Waals surface area contributed by atoms with Gasteiger partial charge in [-0.2, -0.15) is 0 Å². The lowest BCUT2D eigenvalue weighted by Crippen LogP contribution is -2.61. The molecule has 4 rings (SSSR count). The number of esters is 1. The molecule has 148 valence electrons. The molecule has 2 heterocycles. The summed E-state index contributed by atoms with van der Waals surface area (Å²) in [5, 5.41) is 0.719. The number of ether oxygens (including phenoxy) is 1. The monoisotopic (exact) mass is 390 g/mol. The fraction of sp³-hybridized carbons (Fsp3) is 0.696. The average Bonchev–Trinajstić information content (AvgIpc) is 3.17. The molecular formula is C23H33ClNO2+. The topological polar surface area (TPSA) is 26.3 Å². The number of fused-ring (bicyclic) bond motifs is 1. The number of hydrogen-bond donors (Lipinski definition) is 0. The predicted molar refractivity (Wildman–Crippen MR) is 109 cm³/mol. The number of rotatable bonds is 4. The highest BCUT2D eigenvalue weighted by atomic mass is 35.5. The van der Waals surface area contributed by atoms with Crippen LogP contribution in [0.3, 0.4) is 0 Å². The number of benzene rings is 1. The van der Waals surface area contributed by atoms with Crippen LogP contribution in [0.25, 0.3) is 0 Å². The van der Waals surface area contributed by atoms with Crippen molar-refractivity contribution >= 4 is 17.6 Å². The summed E-state index contributed by atoms with van der Waals surface area (Å²) in [5.41, 5.74) is 0.626. The van der Waals surface area contributed by atoms with Gasteiger partial charge in [0.25, 0.3) is 0 Å². The van der Waals surface area contributed by atoms with Crippen molar-refractivity contribution in [1.82, 2.24) is 0 Å². The molecule has 1 aromatic rings. The van der Waals surface area contributed by atoms with Crippen LogP contribution in [0.4, 0.5) is 0 Å². The zero-order chi connectivity index (χ0) is 18.9. The van der Waals surface area contributed by atoms with Crippen LogP contribution in [0.2, 0.25) is 5.02 Å². The molecule has 1 aliphatic carbocycles. The molecule has 27 heavy (non-hydrogen) atoms. The van der Waals surface area contributed by atoms with Gasteiger partial charge in [0, 0.05) is 17.4 Å². The van der Waals surface area contributed by atoms with E-state index >= 15 is 0 Å². The third-order valence-corrected chi connectivity index (χ3v) is 7.93. The van der Waals surface area contributed by atoms with Crippen LogP contribution in [0.1, 0.15) is 63.4 Å². The lowest BCUT2D eigenvalue weighted by Gasteiger charge is -2.51. The number of halogens is 1. The molecule has 1 aromatic carbocycles. The number of quaternary nitrogens is 1. The SMILES string of the molecule is C[N+]12CCCCC1C(COC(=O)C1(c3ccc(Cl)cc3)CCCC1)CCC2. The molecule has 0 amide bonds. The first-order chi connectivity index (χ1) is 13.0. The molecule has 4 heteroatoms. The molecule has 1 saturated carbocycles. The Balaban J connectivity index is 1.46. The molecule has 3 unspecified atom stereocenters. The first kappa shape index (κ1) is 19.3. The van der Waals surface area contributed by atoms with Crippen LogP contribution in [-0.4, -0.2) is 43.2 Å². The summed E-state index contributed by atoms with van der Waals surface area (Å²) in [4.78, 5) is 13.3. The van der Waals surface area contributed by atoms with Gasteiger partial charge in [0.2, 0.25) is 0 Å².